The monoisotopic (exact) mass is 298 g/mol. The van der Waals surface area contributed by atoms with Gasteiger partial charge < -0.3 is 9.47 Å². The van der Waals surface area contributed by atoms with Gasteiger partial charge in [0.25, 0.3) is 6.10 Å². The van der Waals surface area contributed by atoms with Gasteiger partial charge in [0.1, 0.15) is 0 Å². The second-order valence-electron chi connectivity index (χ2n) is 4.40. The van der Waals surface area contributed by atoms with Gasteiger partial charge in [0.05, 0.1) is 12.7 Å². The Morgan fingerprint density at radius 2 is 1.32 bits per heavy atom. The Bertz CT molecular complexity index is 664. The number of carbonyl (C=O) groups excluding carboxylic acids is 3. The molecule has 22 heavy (non-hydrogen) atoms. The summed E-state index contributed by atoms with van der Waals surface area (Å²) in [5, 5.41) is 0. The first-order valence-corrected chi connectivity index (χ1v) is 6.56. The van der Waals surface area contributed by atoms with Crippen LogP contribution in [0.4, 0.5) is 0 Å². The molecule has 0 radical (unpaired) electrons. The molecule has 2 aromatic carbocycles. The van der Waals surface area contributed by atoms with Crippen LogP contribution in [0.5, 0.6) is 0 Å². The van der Waals surface area contributed by atoms with Crippen LogP contribution >= 0.6 is 0 Å². The number of rotatable bonds is 5. The molecule has 1 atom stereocenters. The van der Waals surface area contributed by atoms with E-state index in [0.717, 1.165) is 7.11 Å². The van der Waals surface area contributed by atoms with Crippen LogP contribution < -0.4 is 0 Å². The number of esters is 2. The van der Waals surface area contributed by atoms with Crippen LogP contribution in [-0.2, 0) is 14.3 Å². The molecule has 0 amide bonds. The topological polar surface area (TPSA) is 69.7 Å². The fourth-order valence-electron chi connectivity index (χ4n) is 1.82. The van der Waals surface area contributed by atoms with E-state index in [4.69, 9.17) is 4.74 Å². The maximum atomic E-state index is 12.3. The lowest BCUT2D eigenvalue weighted by Crippen LogP contribution is -2.36. The van der Waals surface area contributed by atoms with E-state index in [-0.39, 0.29) is 11.1 Å². The third kappa shape index (κ3) is 3.58. The number of hydrogen-bond donors (Lipinski definition) is 0. The van der Waals surface area contributed by atoms with E-state index in [2.05, 4.69) is 4.74 Å². The van der Waals surface area contributed by atoms with Gasteiger partial charge in [-0.2, -0.15) is 0 Å². The maximum absolute atomic E-state index is 12.3. The SMILES string of the molecule is COC(=O)[C@H](OC(=O)c1ccccc1)C(=O)c1ccccc1. The highest BCUT2D eigenvalue weighted by Crippen LogP contribution is 2.11. The summed E-state index contributed by atoms with van der Waals surface area (Å²) in [5.41, 5.74) is 0.510. The average Bonchev–Trinajstić information content (AvgIpc) is 2.59. The Morgan fingerprint density at radius 3 is 1.82 bits per heavy atom. The lowest BCUT2D eigenvalue weighted by atomic mass is 10.1. The molecule has 0 aliphatic carbocycles. The van der Waals surface area contributed by atoms with E-state index in [0.29, 0.717) is 0 Å². The molecule has 0 spiro atoms. The molecule has 0 saturated carbocycles. The van der Waals surface area contributed by atoms with Crippen LogP contribution in [0.3, 0.4) is 0 Å². The van der Waals surface area contributed by atoms with Gasteiger partial charge in [-0.05, 0) is 12.1 Å². The average molecular weight is 298 g/mol. The molecule has 0 bridgehead atoms. The van der Waals surface area contributed by atoms with Gasteiger partial charge in [-0.1, -0.05) is 48.5 Å². The lowest BCUT2D eigenvalue weighted by Gasteiger charge is -2.14. The molecule has 0 unspecified atom stereocenters. The second-order valence-corrected chi connectivity index (χ2v) is 4.40. The van der Waals surface area contributed by atoms with Gasteiger partial charge in [-0.15, -0.1) is 0 Å². The van der Waals surface area contributed by atoms with Gasteiger partial charge in [0.15, 0.2) is 0 Å². The Balaban J connectivity index is 2.22. The molecule has 2 aromatic rings. The van der Waals surface area contributed by atoms with Crippen LogP contribution in [0.25, 0.3) is 0 Å². The number of benzene rings is 2. The number of carbonyl (C=O) groups is 3. The van der Waals surface area contributed by atoms with Crippen molar-refractivity contribution in [1.82, 2.24) is 0 Å². The molecule has 5 nitrogen and oxygen atoms in total. The van der Waals surface area contributed by atoms with Crippen LogP contribution in [0.1, 0.15) is 20.7 Å². The van der Waals surface area contributed by atoms with Crippen molar-refractivity contribution < 1.29 is 23.9 Å². The van der Waals surface area contributed by atoms with Crippen molar-refractivity contribution in [1.29, 1.82) is 0 Å². The number of hydrogen-bond acceptors (Lipinski definition) is 5. The normalized spacial score (nSPS) is 11.3. The third-order valence-electron chi connectivity index (χ3n) is 2.95. The molecule has 0 heterocycles. The fraction of sp³-hybridized carbons (Fsp3) is 0.118. The predicted octanol–water partition coefficient (Wildman–Crippen LogP) is 2.27. The fourth-order valence-corrected chi connectivity index (χ4v) is 1.82. The standard InChI is InChI=1S/C17H14O5/c1-21-17(20)15(14(18)12-8-4-2-5-9-12)22-16(19)13-10-6-3-7-11-13/h2-11,15H,1H3/t15-/m1/s1. The van der Waals surface area contributed by atoms with Crippen molar-refractivity contribution in [3.05, 3.63) is 71.8 Å². The minimum absolute atomic E-state index is 0.247. The zero-order chi connectivity index (χ0) is 15.9. The van der Waals surface area contributed by atoms with Crippen LogP contribution in [0.2, 0.25) is 0 Å². The zero-order valence-corrected chi connectivity index (χ0v) is 11.9. The first kappa shape index (κ1) is 15.4. The first-order valence-electron chi connectivity index (χ1n) is 6.56. The summed E-state index contributed by atoms with van der Waals surface area (Å²) >= 11 is 0. The van der Waals surface area contributed by atoms with Crippen molar-refractivity contribution >= 4 is 17.7 Å². The van der Waals surface area contributed by atoms with Gasteiger partial charge >= 0.3 is 11.9 Å². The van der Waals surface area contributed by atoms with Crippen molar-refractivity contribution in [2.45, 2.75) is 6.10 Å². The highest BCUT2D eigenvalue weighted by atomic mass is 16.6. The quantitative estimate of drug-likeness (QED) is 0.481. The molecular weight excluding hydrogens is 284 g/mol. The summed E-state index contributed by atoms with van der Waals surface area (Å²) in [4.78, 5) is 36.1. The van der Waals surface area contributed by atoms with Gasteiger partial charge in [-0.3, -0.25) is 4.79 Å². The summed E-state index contributed by atoms with van der Waals surface area (Å²) in [7, 11) is 1.13. The van der Waals surface area contributed by atoms with Crippen LogP contribution in [0, 0.1) is 0 Å². The van der Waals surface area contributed by atoms with Crippen molar-refractivity contribution in [3.63, 3.8) is 0 Å². The van der Waals surface area contributed by atoms with E-state index in [1.165, 1.54) is 24.3 Å². The van der Waals surface area contributed by atoms with E-state index in [9.17, 15) is 14.4 Å². The number of ether oxygens (including phenoxy) is 2. The Hall–Kier alpha value is -2.95. The molecule has 0 aliphatic rings. The highest BCUT2D eigenvalue weighted by Gasteiger charge is 2.32. The van der Waals surface area contributed by atoms with Crippen LogP contribution in [0.15, 0.2) is 60.7 Å². The summed E-state index contributed by atoms with van der Waals surface area (Å²) in [6, 6.07) is 16.2. The summed E-state index contributed by atoms with van der Waals surface area (Å²) in [6.45, 7) is 0. The molecular formula is C17H14O5. The zero-order valence-electron chi connectivity index (χ0n) is 11.9. The third-order valence-corrected chi connectivity index (χ3v) is 2.95. The lowest BCUT2D eigenvalue weighted by molar-refractivity contribution is -0.148. The Labute approximate surface area is 127 Å². The largest absolute Gasteiger partial charge is 0.466 e. The molecule has 0 saturated heterocycles. The van der Waals surface area contributed by atoms with Crippen molar-refractivity contribution in [2.75, 3.05) is 7.11 Å². The van der Waals surface area contributed by atoms with Gasteiger partial charge in [-0.25, -0.2) is 9.59 Å². The molecule has 0 N–H and O–H groups in total. The second kappa shape index (κ2) is 7.17. The summed E-state index contributed by atoms with van der Waals surface area (Å²) < 4.78 is 9.60. The molecule has 5 heteroatoms. The van der Waals surface area contributed by atoms with Crippen molar-refractivity contribution in [2.24, 2.45) is 0 Å². The minimum Gasteiger partial charge on any atom is -0.466 e. The van der Waals surface area contributed by atoms with E-state index in [1.807, 2.05) is 0 Å². The smallest absolute Gasteiger partial charge is 0.355 e. The van der Waals surface area contributed by atoms with E-state index < -0.39 is 23.8 Å². The van der Waals surface area contributed by atoms with Gasteiger partial charge in [0.2, 0.25) is 5.78 Å². The van der Waals surface area contributed by atoms with Gasteiger partial charge in [0, 0.05) is 5.56 Å². The first-order chi connectivity index (χ1) is 10.6. The van der Waals surface area contributed by atoms with Crippen molar-refractivity contribution in [3.8, 4) is 0 Å². The number of ketones is 1. The molecule has 0 fully saturated rings. The Morgan fingerprint density at radius 1 is 0.818 bits per heavy atom. The minimum atomic E-state index is -1.62. The number of methoxy groups -OCH3 is 1. The summed E-state index contributed by atoms with van der Waals surface area (Å²) in [6.07, 6.45) is -1.62. The van der Waals surface area contributed by atoms with E-state index >= 15 is 0 Å². The maximum Gasteiger partial charge on any atom is 0.355 e. The number of Topliss-reactive ketones (excluding diaryl/α,β-unsaturated/α-hetero) is 1. The summed E-state index contributed by atoms with van der Waals surface area (Å²) in [5.74, 6) is -2.31. The predicted molar refractivity (Wildman–Crippen MR) is 78.4 cm³/mol. The van der Waals surface area contributed by atoms with E-state index in [1.54, 1.807) is 36.4 Å². The molecule has 2 rings (SSSR count). The Kier molecular flexibility index (Phi) is 5.03. The molecule has 0 aromatic heterocycles. The van der Waals surface area contributed by atoms with Crippen LogP contribution in [-0.4, -0.2) is 30.9 Å². The highest BCUT2D eigenvalue weighted by molar-refractivity contribution is 6.12. The molecule has 112 valence electrons. The molecule has 0 aliphatic heterocycles.